The number of nitrogens with zero attached hydrogens (tertiary/aromatic N) is 1. The summed E-state index contributed by atoms with van der Waals surface area (Å²) in [4.78, 5) is 53.7. The third kappa shape index (κ3) is 2.96. The normalized spacial score (nSPS) is 29.7. The minimum absolute atomic E-state index is 0.152. The zero-order valence-corrected chi connectivity index (χ0v) is 19.1. The van der Waals surface area contributed by atoms with Gasteiger partial charge >= 0.3 is 0 Å². The summed E-state index contributed by atoms with van der Waals surface area (Å²) in [6, 6.07) is 3.34. The maximum absolute atomic E-state index is 13.3. The lowest BCUT2D eigenvalue weighted by atomic mass is 9.60. The molecule has 0 spiro atoms. The Morgan fingerprint density at radius 1 is 1.16 bits per heavy atom. The smallest absolute Gasteiger partial charge is 0.233 e. The highest BCUT2D eigenvalue weighted by molar-refractivity contribution is 9.12. The van der Waals surface area contributed by atoms with Gasteiger partial charge in [-0.15, -0.1) is 0 Å². The summed E-state index contributed by atoms with van der Waals surface area (Å²) < 4.78 is 6.01. The Morgan fingerprint density at radius 3 is 2.62 bits per heavy atom. The minimum atomic E-state index is -0.624. The van der Waals surface area contributed by atoms with E-state index in [4.69, 9.17) is 4.42 Å². The molecule has 2 amide bonds. The second-order valence-electron chi connectivity index (χ2n) is 8.68. The molecule has 1 saturated heterocycles. The van der Waals surface area contributed by atoms with Crippen molar-refractivity contribution in [3.63, 3.8) is 0 Å². The van der Waals surface area contributed by atoms with Crippen LogP contribution in [0.15, 0.2) is 49.9 Å². The van der Waals surface area contributed by atoms with Gasteiger partial charge in [0.2, 0.25) is 11.8 Å². The Morgan fingerprint density at radius 2 is 1.94 bits per heavy atom. The summed E-state index contributed by atoms with van der Waals surface area (Å²) in [7, 11) is 0. The average molecular weight is 500 g/mol. The first-order valence-electron chi connectivity index (χ1n) is 10.8. The van der Waals surface area contributed by atoms with E-state index < -0.39 is 17.8 Å². The SMILES string of the molecule is CCCN1C(=O)C2CC=C3C(c4ccc(CO)o4)C4=C(CC3C2C1=O)C(=O)C(Br)=CC4=O. The van der Waals surface area contributed by atoms with Crippen LogP contribution >= 0.6 is 15.9 Å². The highest BCUT2D eigenvalue weighted by atomic mass is 79.9. The monoisotopic (exact) mass is 499 g/mol. The maximum Gasteiger partial charge on any atom is 0.233 e. The largest absolute Gasteiger partial charge is 0.463 e. The van der Waals surface area contributed by atoms with Crippen LogP contribution in [-0.2, 0) is 25.8 Å². The summed E-state index contributed by atoms with van der Waals surface area (Å²) >= 11 is 3.20. The molecule has 1 aliphatic heterocycles. The number of amides is 2. The van der Waals surface area contributed by atoms with E-state index in [1.54, 1.807) is 12.1 Å². The number of halogens is 1. The van der Waals surface area contributed by atoms with Crippen molar-refractivity contribution in [1.29, 1.82) is 0 Å². The molecule has 1 fully saturated rings. The van der Waals surface area contributed by atoms with Gasteiger partial charge in [-0.25, -0.2) is 0 Å². The van der Waals surface area contributed by atoms with Gasteiger partial charge in [0.15, 0.2) is 11.6 Å². The minimum Gasteiger partial charge on any atom is -0.463 e. The van der Waals surface area contributed by atoms with Gasteiger partial charge in [-0.2, -0.15) is 0 Å². The van der Waals surface area contributed by atoms with Gasteiger partial charge in [0.25, 0.3) is 0 Å². The fraction of sp³-hybridized carbons (Fsp3) is 0.417. The van der Waals surface area contributed by atoms with Crippen molar-refractivity contribution >= 4 is 39.3 Å². The lowest BCUT2D eigenvalue weighted by molar-refractivity contribution is -0.140. The number of furan rings is 1. The lowest BCUT2D eigenvalue weighted by Gasteiger charge is -2.41. The molecule has 0 bridgehead atoms. The van der Waals surface area contributed by atoms with Gasteiger partial charge < -0.3 is 9.52 Å². The van der Waals surface area contributed by atoms with Crippen molar-refractivity contribution in [2.24, 2.45) is 17.8 Å². The predicted molar refractivity (Wildman–Crippen MR) is 116 cm³/mol. The third-order valence-corrected chi connectivity index (χ3v) is 7.58. The molecular formula is C24H22BrNO6. The predicted octanol–water partition coefficient (Wildman–Crippen LogP) is 2.94. The van der Waals surface area contributed by atoms with E-state index in [9.17, 15) is 24.3 Å². The summed E-state index contributed by atoms with van der Waals surface area (Å²) in [6.45, 7) is 2.02. The molecule has 3 aliphatic carbocycles. The van der Waals surface area contributed by atoms with Crippen LogP contribution in [0.5, 0.6) is 0 Å². The third-order valence-electron chi connectivity index (χ3n) is 6.99. The Bertz CT molecular complexity index is 1150. The quantitative estimate of drug-likeness (QED) is 0.387. The molecule has 5 rings (SSSR count). The standard InChI is InChI=1S/C24H22BrNO6/c1-2-7-26-23(30)13-5-4-12-14(19(13)24(26)31)8-15-20(17(28)9-16(25)22(15)29)21(12)18-6-3-11(10-27)32-18/h3-4,6,9,13-14,19,21,27H,2,5,7-8,10H2,1H3. The number of aliphatic hydroxyl groups is 1. The number of Topliss-reactive ketones (excluding diaryl/α,β-unsaturated/α-hetero) is 1. The van der Waals surface area contributed by atoms with E-state index >= 15 is 0 Å². The summed E-state index contributed by atoms with van der Waals surface area (Å²) in [5.74, 6) is -2.08. The number of hydrogen-bond acceptors (Lipinski definition) is 6. The molecule has 4 atom stereocenters. The van der Waals surface area contributed by atoms with Crippen LogP contribution < -0.4 is 0 Å². The van der Waals surface area contributed by atoms with Crippen molar-refractivity contribution < 1.29 is 28.7 Å². The topological polar surface area (TPSA) is 105 Å². The van der Waals surface area contributed by atoms with Crippen molar-refractivity contribution in [3.05, 3.63) is 57.0 Å². The van der Waals surface area contributed by atoms with Crippen molar-refractivity contribution in [2.75, 3.05) is 6.54 Å². The summed E-state index contributed by atoms with van der Waals surface area (Å²) in [5, 5.41) is 9.46. The van der Waals surface area contributed by atoms with Crippen LogP contribution in [0.25, 0.3) is 0 Å². The van der Waals surface area contributed by atoms with Crippen molar-refractivity contribution in [3.8, 4) is 0 Å². The molecule has 0 radical (unpaired) electrons. The molecule has 32 heavy (non-hydrogen) atoms. The zero-order chi connectivity index (χ0) is 22.7. The Kier molecular flexibility index (Phi) is 5.17. The highest BCUT2D eigenvalue weighted by Crippen LogP contribution is 2.55. The number of allylic oxidation sites excluding steroid dienone is 6. The van der Waals surface area contributed by atoms with Crippen LogP contribution in [0.3, 0.4) is 0 Å². The van der Waals surface area contributed by atoms with Crippen LogP contribution in [0.4, 0.5) is 0 Å². The second kappa shape index (κ2) is 7.78. The number of ketones is 2. The summed E-state index contributed by atoms with van der Waals surface area (Å²) in [6.07, 6.45) is 4.56. The van der Waals surface area contributed by atoms with Crippen LogP contribution in [-0.4, -0.2) is 39.9 Å². The lowest BCUT2D eigenvalue weighted by Crippen LogP contribution is -2.39. The fourth-order valence-corrected chi connectivity index (χ4v) is 6.12. The number of aliphatic hydroxyl groups excluding tert-OH is 1. The zero-order valence-electron chi connectivity index (χ0n) is 17.5. The number of imide groups is 1. The number of hydrogen-bond donors (Lipinski definition) is 1. The molecule has 166 valence electrons. The molecular weight excluding hydrogens is 478 g/mol. The molecule has 1 aromatic heterocycles. The van der Waals surface area contributed by atoms with E-state index in [-0.39, 0.29) is 46.8 Å². The van der Waals surface area contributed by atoms with E-state index in [2.05, 4.69) is 15.9 Å². The first kappa shape index (κ1) is 21.3. The maximum atomic E-state index is 13.3. The van der Waals surface area contributed by atoms with Crippen molar-refractivity contribution in [2.45, 2.75) is 38.7 Å². The van der Waals surface area contributed by atoms with Gasteiger partial charge in [-0.1, -0.05) is 18.6 Å². The number of rotatable bonds is 4. The van der Waals surface area contributed by atoms with E-state index in [0.717, 1.165) is 5.57 Å². The van der Waals surface area contributed by atoms with E-state index in [1.165, 1.54) is 11.0 Å². The number of carbonyl (C=O) groups excluding carboxylic acids is 4. The first-order valence-corrected chi connectivity index (χ1v) is 11.6. The molecule has 1 N–H and O–H groups in total. The average Bonchev–Trinajstić information content (AvgIpc) is 3.35. The Labute approximate surface area is 193 Å². The van der Waals surface area contributed by atoms with Gasteiger partial charge in [0.1, 0.15) is 18.1 Å². The number of likely N-dealkylation sites (tertiary alicyclic amines) is 1. The molecule has 4 aliphatic rings. The second-order valence-corrected chi connectivity index (χ2v) is 9.54. The first-order chi connectivity index (χ1) is 15.4. The highest BCUT2D eigenvalue weighted by Gasteiger charge is 2.56. The van der Waals surface area contributed by atoms with Gasteiger partial charge in [0.05, 0.1) is 22.2 Å². The molecule has 4 unspecified atom stereocenters. The molecule has 0 aromatic carbocycles. The van der Waals surface area contributed by atoms with Crippen LogP contribution in [0, 0.1) is 17.8 Å². The summed E-state index contributed by atoms with van der Waals surface area (Å²) in [5.41, 5.74) is 1.57. The van der Waals surface area contributed by atoms with E-state index in [0.29, 0.717) is 42.1 Å². The molecule has 7 nitrogen and oxygen atoms in total. The molecule has 0 saturated carbocycles. The molecule has 2 heterocycles. The fourth-order valence-electron chi connectivity index (χ4n) is 5.68. The van der Waals surface area contributed by atoms with Crippen molar-refractivity contribution in [1.82, 2.24) is 4.90 Å². The number of carbonyl (C=O) groups is 4. The van der Waals surface area contributed by atoms with Crippen LogP contribution in [0.1, 0.15) is 43.6 Å². The van der Waals surface area contributed by atoms with Gasteiger partial charge in [-0.3, -0.25) is 24.1 Å². The molecule has 1 aromatic rings. The Hall–Kier alpha value is -2.58. The Balaban J connectivity index is 1.65. The van der Waals surface area contributed by atoms with Gasteiger partial charge in [0, 0.05) is 23.8 Å². The van der Waals surface area contributed by atoms with E-state index in [1.807, 2.05) is 13.0 Å². The van der Waals surface area contributed by atoms with Crippen LogP contribution in [0.2, 0.25) is 0 Å². The number of fused-ring (bicyclic) bond motifs is 3. The van der Waals surface area contributed by atoms with Gasteiger partial charge in [-0.05, 0) is 53.2 Å². The molecule has 8 heteroatoms.